The largest absolute Gasteiger partial charge is 0.352 e. The SMILES string of the molecule is O=C1CCC(C2CCCS2(=O)=O)N1. The molecule has 4 nitrogen and oxygen atoms in total. The predicted octanol–water partition coefficient (Wildman–Crippen LogP) is -0.158. The number of hydrogen-bond donors (Lipinski definition) is 1. The monoisotopic (exact) mass is 203 g/mol. The Labute approximate surface area is 77.6 Å². The summed E-state index contributed by atoms with van der Waals surface area (Å²) in [6.07, 6.45) is 2.63. The van der Waals surface area contributed by atoms with Gasteiger partial charge in [-0.05, 0) is 19.3 Å². The van der Waals surface area contributed by atoms with Gasteiger partial charge in [-0.25, -0.2) is 8.42 Å². The maximum atomic E-state index is 11.5. The lowest BCUT2D eigenvalue weighted by Gasteiger charge is -2.16. The van der Waals surface area contributed by atoms with Gasteiger partial charge in [0.05, 0.1) is 11.0 Å². The van der Waals surface area contributed by atoms with Gasteiger partial charge in [-0.15, -0.1) is 0 Å². The summed E-state index contributed by atoms with van der Waals surface area (Å²) in [5.74, 6) is 0.288. The molecule has 0 aromatic rings. The van der Waals surface area contributed by atoms with Crippen LogP contribution in [0.5, 0.6) is 0 Å². The van der Waals surface area contributed by atoms with Crippen LogP contribution in [0.2, 0.25) is 0 Å². The van der Waals surface area contributed by atoms with Crippen LogP contribution in [-0.2, 0) is 14.6 Å². The fourth-order valence-corrected chi connectivity index (χ4v) is 4.29. The van der Waals surface area contributed by atoms with Gasteiger partial charge in [-0.3, -0.25) is 4.79 Å². The number of rotatable bonds is 1. The van der Waals surface area contributed by atoms with E-state index in [0.717, 1.165) is 6.42 Å². The van der Waals surface area contributed by atoms with Gasteiger partial charge >= 0.3 is 0 Å². The lowest BCUT2D eigenvalue weighted by molar-refractivity contribution is -0.119. The average molecular weight is 203 g/mol. The third-order valence-corrected chi connectivity index (χ3v) is 5.20. The van der Waals surface area contributed by atoms with Gasteiger partial charge in [0.2, 0.25) is 5.91 Å². The molecule has 2 aliphatic heterocycles. The van der Waals surface area contributed by atoms with Crippen molar-refractivity contribution >= 4 is 15.7 Å². The van der Waals surface area contributed by atoms with Crippen molar-refractivity contribution in [3.8, 4) is 0 Å². The molecule has 1 amide bonds. The fraction of sp³-hybridized carbons (Fsp3) is 0.875. The summed E-state index contributed by atoms with van der Waals surface area (Å²) in [7, 11) is -2.91. The molecule has 0 radical (unpaired) electrons. The summed E-state index contributed by atoms with van der Waals surface area (Å²) in [5, 5.41) is 2.43. The Balaban J connectivity index is 2.13. The van der Waals surface area contributed by atoms with Crippen LogP contribution in [0.25, 0.3) is 0 Å². The molecule has 0 saturated carbocycles. The number of sulfone groups is 1. The van der Waals surface area contributed by atoms with Crippen molar-refractivity contribution in [1.82, 2.24) is 5.32 Å². The third-order valence-electron chi connectivity index (χ3n) is 2.86. The van der Waals surface area contributed by atoms with E-state index in [4.69, 9.17) is 0 Å². The summed E-state index contributed by atoms with van der Waals surface area (Å²) < 4.78 is 23.0. The molecule has 2 aliphatic rings. The molecule has 2 rings (SSSR count). The van der Waals surface area contributed by atoms with Crippen molar-refractivity contribution in [3.05, 3.63) is 0 Å². The Morgan fingerprint density at radius 3 is 2.54 bits per heavy atom. The summed E-state index contributed by atoms with van der Waals surface area (Å²) in [4.78, 5) is 10.9. The van der Waals surface area contributed by atoms with E-state index in [0.29, 0.717) is 25.0 Å². The van der Waals surface area contributed by atoms with E-state index in [1.54, 1.807) is 0 Å². The van der Waals surface area contributed by atoms with Crippen molar-refractivity contribution in [3.63, 3.8) is 0 Å². The predicted molar refractivity (Wildman–Crippen MR) is 48.0 cm³/mol. The average Bonchev–Trinajstić information content (AvgIpc) is 2.56. The number of amides is 1. The minimum Gasteiger partial charge on any atom is -0.352 e. The first-order chi connectivity index (χ1) is 6.09. The Morgan fingerprint density at radius 2 is 2.08 bits per heavy atom. The van der Waals surface area contributed by atoms with Crippen LogP contribution in [-0.4, -0.2) is 31.4 Å². The molecule has 2 atom stereocenters. The quantitative estimate of drug-likeness (QED) is 0.644. The molecule has 74 valence electrons. The van der Waals surface area contributed by atoms with E-state index < -0.39 is 9.84 Å². The Kier molecular flexibility index (Phi) is 2.06. The van der Waals surface area contributed by atoms with Crippen molar-refractivity contribution in [2.24, 2.45) is 0 Å². The van der Waals surface area contributed by atoms with Gasteiger partial charge in [-0.2, -0.15) is 0 Å². The topological polar surface area (TPSA) is 63.2 Å². The summed E-state index contributed by atoms with van der Waals surface area (Å²) in [5.41, 5.74) is 0. The zero-order valence-corrected chi connectivity index (χ0v) is 8.14. The third kappa shape index (κ3) is 1.57. The van der Waals surface area contributed by atoms with Crippen LogP contribution < -0.4 is 5.32 Å². The van der Waals surface area contributed by atoms with Gasteiger partial charge in [0.15, 0.2) is 9.84 Å². The molecule has 0 bridgehead atoms. The van der Waals surface area contributed by atoms with Gasteiger partial charge < -0.3 is 5.32 Å². The van der Waals surface area contributed by atoms with Crippen molar-refractivity contribution < 1.29 is 13.2 Å². The first-order valence-electron chi connectivity index (χ1n) is 4.60. The van der Waals surface area contributed by atoms with E-state index in [2.05, 4.69) is 5.32 Å². The highest BCUT2D eigenvalue weighted by molar-refractivity contribution is 7.92. The lowest BCUT2D eigenvalue weighted by atomic mass is 10.1. The highest BCUT2D eigenvalue weighted by atomic mass is 32.2. The summed E-state index contributed by atoms with van der Waals surface area (Å²) >= 11 is 0. The zero-order chi connectivity index (χ0) is 9.47. The molecule has 13 heavy (non-hydrogen) atoms. The molecule has 5 heteroatoms. The van der Waals surface area contributed by atoms with Gasteiger partial charge in [0, 0.05) is 12.5 Å². The van der Waals surface area contributed by atoms with E-state index in [1.807, 2.05) is 0 Å². The van der Waals surface area contributed by atoms with Crippen LogP contribution in [0.3, 0.4) is 0 Å². The molecule has 0 spiro atoms. The second-order valence-corrected chi connectivity index (χ2v) is 6.10. The van der Waals surface area contributed by atoms with Crippen molar-refractivity contribution in [2.45, 2.75) is 37.0 Å². The molecular formula is C8H13NO3S. The smallest absolute Gasteiger partial charge is 0.220 e. The van der Waals surface area contributed by atoms with Crippen LogP contribution in [0.15, 0.2) is 0 Å². The normalized spacial score (nSPS) is 37.7. The lowest BCUT2D eigenvalue weighted by Crippen LogP contribution is -2.39. The molecule has 2 heterocycles. The number of carbonyl (C=O) groups is 1. The summed E-state index contributed by atoms with van der Waals surface area (Å²) in [6.45, 7) is 0. The molecule has 0 aromatic carbocycles. The standard InChI is InChI=1S/C8H13NO3S/c10-8-4-3-6(9-8)7-2-1-5-13(7,11)12/h6-7H,1-5H2,(H,9,10). The number of carbonyl (C=O) groups excluding carboxylic acids is 1. The minimum atomic E-state index is -2.91. The van der Waals surface area contributed by atoms with Gasteiger partial charge in [0.25, 0.3) is 0 Å². The highest BCUT2D eigenvalue weighted by Gasteiger charge is 2.40. The maximum Gasteiger partial charge on any atom is 0.220 e. The van der Waals surface area contributed by atoms with Crippen LogP contribution >= 0.6 is 0 Å². The Hall–Kier alpha value is -0.580. The van der Waals surface area contributed by atoms with Gasteiger partial charge in [0.1, 0.15) is 0 Å². The minimum absolute atomic E-state index is 0.00731. The fourth-order valence-electron chi connectivity index (χ4n) is 2.18. The molecule has 2 unspecified atom stereocenters. The number of hydrogen-bond acceptors (Lipinski definition) is 3. The molecular weight excluding hydrogens is 190 g/mol. The van der Waals surface area contributed by atoms with Crippen LogP contribution in [0, 0.1) is 0 Å². The Morgan fingerprint density at radius 1 is 1.31 bits per heavy atom. The van der Waals surface area contributed by atoms with Gasteiger partial charge in [-0.1, -0.05) is 0 Å². The van der Waals surface area contributed by atoms with Crippen LogP contribution in [0.4, 0.5) is 0 Å². The number of nitrogens with one attached hydrogen (secondary N) is 1. The van der Waals surface area contributed by atoms with Crippen LogP contribution in [0.1, 0.15) is 25.7 Å². The second-order valence-electron chi connectivity index (χ2n) is 3.76. The molecule has 0 aliphatic carbocycles. The Bertz CT molecular complexity index is 322. The van der Waals surface area contributed by atoms with E-state index in [1.165, 1.54) is 0 Å². The van der Waals surface area contributed by atoms with E-state index in [9.17, 15) is 13.2 Å². The second kappa shape index (κ2) is 2.97. The summed E-state index contributed by atoms with van der Waals surface area (Å²) in [6, 6.07) is -0.111. The maximum absolute atomic E-state index is 11.5. The van der Waals surface area contributed by atoms with E-state index >= 15 is 0 Å². The van der Waals surface area contributed by atoms with E-state index in [-0.39, 0.29) is 17.2 Å². The zero-order valence-electron chi connectivity index (χ0n) is 7.32. The molecule has 0 aromatic heterocycles. The first-order valence-corrected chi connectivity index (χ1v) is 6.32. The first kappa shape index (κ1) is 8.99. The molecule has 1 N–H and O–H groups in total. The molecule has 2 saturated heterocycles. The molecule has 2 fully saturated rings. The van der Waals surface area contributed by atoms with Crippen molar-refractivity contribution in [2.75, 3.05) is 5.75 Å². The van der Waals surface area contributed by atoms with Crippen molar-refractivity contribution in [1.29, 1.82) is 0 Å². The highest BCUT2D eigenvalue weighted by Crippen LogP contribution is 2.27.